The summed E-state index contributed by atoms with van der Waals surface area (Å²) in [7, 11) is 0. The van der Waals surface area contributed by atoms with Crippen LogP contribution in [-0.4, -0.2) is 18.3 Å². The molecule has 1 atom stereocenters. The van der Waals surface area contributed by atoms with Gasteiger partial charge in [0.1, 0.15) is 5.82 Å². The number of aliphatic hydroxyl groups is 1. The first kappa shape index (κ1) is 13.1. The van der Waals surface area contributed by atoms with E-state index in [-0.39, 0.29) is 23.9 Å². The van der Waals surface area contributed by atoms with Crippen LogP contribution in [0.4, 0.5) is 4.39 Å². The molecule has 3 heteroatoms. The van der Waals surface area contributed by atoms with Gasteiger partial charge in [0.05, 0.1) is 0 Å². The molecule has 2 N–H and O–H groups in total. The predicted molar refractivity (Wildman–Crippen MR) is 63.7 cm³/mol. The molecular formula is C13H20FNO. The highest BCUT2D eigenvalue weighted by molar-refractivity contribution is 5.19. The number of halogens is 1. The fourth-order valence-electron chi connectivity index (χ4n) is 1.38. The van der Waals surface area contributed by atoms with Crippen LogP contribution >= 0.6 is 0 Å². The highest BCUT2D eigenvalue weighted by atomic mass is 19.1. The summed E-state index contributed by atoms with van der Waals surface area (Å²) in [5, 5.41) is 12.4. The molecule has 0 fully saturated rings. The molecule has 0 heterocycles. The largest absolute Gasteiger partial charge is 0.396 e. The zero-order chi connectivity index (χ0) is 12.2. The van der Waals surface area contributed by atoms with Crippen LogP contribution in [0.15, 0.2) is 24.3 Å². The number of hydrogen-bond donors (Lipinski definition) is 2. The maximum Gasteiger partial charge on any atom is 0.123 e. The van der Waals surface area contributed by atoms with Crippen molar-refractivity contribution in [2.24, 2.45) is 5.41 Å². The molecule has 1 rings (SSSR count). The van der Waals surface area contributed by atoms with Gasteiger partial charge in [-0.05, 0) is 24.6 Å². The van der Waals surface area contributed by atoms with Crippen molar-refractivity contribution in [1.29, 1.82) is 0 Å². The minimum Gasteiger partial charge on any atom is -0.396 e. The topological polar surface area (TPSA) is 32.3 Å². The van der Waals surface area contributed by atoms with Crippen molar-refractivity contribution in [3.05, 3.63) is 35.6 Å². The van der Waals surface area contributed by atoms with Crippen LogP contribution in [0.3, 0.4) is 0 Å². The molecule has 1 aromatic rings. The van der Waals surface area contributed by atoms with E-state index in [9.17, 15) is 4.39 Å². The number of nitrogens with one attached hydrogen (secondary N) is 1. The number of rotatable bonds is 5. The van der Waals surface area contributed by atoms with Crippen LogP contribution < -0.4 is 5.32 Å². The molecule has 0 aromatic heterocycles. The Morgan fingerprint density at radius 2 is 2.12 bits per heavy atom. The molecule has 0 radical (unpaired) electrons. The summed E-state index contributed by atoms with van der Waals surface area (Å²) >= 11 is 0. The second kappa shape index (κ2) is 5.41. The number of hydrogen-bond acceptors (Lipinski definition) is 2. The smallest absolute Gasteiger partial charge is 0.123 e. The Kier molecular flexibility index (Phi) is 4.44. The molecule has 0 aliphatic carbocycles. The van der Waals surface area contributed by atoms with Gasteiger partial charge in [0.25, 0.3) is 0 Å². The van der Waals surface area contributed by atoms with E-state index in [0.717, 1.165) is 5.56 Å². The quantitative estimate of drug-likeness (QED) is 0.807. The molecule has 0 saturated heterocycles. The third-order valence-electron chi connectivity index (χ3n) is 2.66. The van der Waals surface area contributed by atoms with E-state index in [4.69, 9.17) is 5.11 Å². The Labute approximate surface area is 96.5 Å². The fraction of sp³-hybridized carbons (Fsp3) is 0.538. The molecule has 1 aromatic carbocycles. The minimum absolute atomic E-state index is 0.0847. The molecule has 2 nitrogen and oxygen atoms in total. The first-order valence-corrected chi connectivity index (χ1v) is 5.54. The molecule has 0 unspecified atom stereocenters. The van der Waals surface area contributed by atoms with Gasteiger partial charge >= 0.3 is 0 Å². The second-order valence-corrected chi connectivity index (χ2v) is 4.98. The SMILES string of the molecule is C[C@H](NCC(C)(C)CO)c1cccc(F)c1. The maximum atomic E-state index is 13.0. The summed E-state index contributed by atoms with van der Waals surface area (Å²) in [6, 6.07) is 6.66. The number of benzene rings is 1. The van der Waals surface area contributed by atoms with E-state index >= 15 is 0 Å². The molecule has 0 saturated carbocycles. The Bertz CT molecular complexity index is 338. The van der Waals surface area contributed by atoms with E-state index in [1.165, 1.54) is 12.1 Å². The molecule has 0 aliphatic rings. The van der Waals surface area contributed by atoms with Gasteiger partial charge in [0, 0.05) is 24.6 Å². The Morgan fingerprint density at radius 3 is 2.69 bits per heavy atom. The lowest BCUT2D eigenvalue weighted by atomic mass is 9.94. The molecule has 0 spiro atoms. The van der Waals surface area contributed by atoms with Crippen LogP contribution in [0, 0.1) is 11.2 Å². The monoisotopic (exact) mass is 225 g/mol. The van der Waals surface area contributed by atoms with Gasteiger partial charge in [-0.15, -0.1) is 0 Å². The maximum absolute atomic E-state index is 13.0. The summed E-state index contributed by atoms with van der Waals surface area (Å²) in [5.41, 5.74) is 0.774. The average molecular weight is 225 g/mol. The zero-order valence-electron chi connectivity index (χ0n) is 10.1. The first-order chi connectivity index (χ1) is 7.44. The lowest BCUT2D eigenvalue weighted by molar-refractivity contribution is 0.154. The third kappa shape index (κ3) is 3.91. The van der Waals surface area contributed by atoms with Crippen molar-refractivity contribution in [2.75, 3.05) is 13.2 Å². The lowest BCUT2D eigenvalue weighted by Gasteiger charge is -2.25. The van der Waals surface area contributed by atoms with Crippen molar-refractivity contribution < 1.29 is 9.50 Å². The van der Waals surface area contributed by atoms with Crippen LogP contribution in [0.5, 0.6) is 0 Å². The van der Waals surface area contributed by atoms with Crippen molar-refractivity contribution in [1.82, 2.24) is 5.32 Å². The second-order valence-electron chi connectivity index (χ2n) is 4.98. The fourth-order valence-corrected chi connectivity index (χ4v) is 1.38. The van der Waals surface area contributed by atoms with Crippen LogP contribution in [0.1, 0.15) is 32.4 Å². The third-order valence-corrected chi connectivity index (χ3v) is 2.66. The van der Waals surface area contributed by atoms with Crippen molar-refractivity contribution in [3.8, 4) is 0 Å². The molecule has 16 heavy (non-hydrogen) atoms. The van der Waals surface area contributed by atoms with Crippen molar-refractivity contribution >= 4 is 0 Å². The Balaban J connectivity index is 2.56. The molecule has 90 valence electrons. The van der Waals surface area contributed by atoms with E-state index in [2.05, 4.69) is 5.32 Å². The minimum atomic E-state index is -0.215. The van der Waals surface area contributed by atoms with Crippen LogP contribution in [0.25, 0.3) is 0 Å². The van der Waals surface area contributed by atoms with E-state index in [1.807, 2.05) is 26.8 Å². The van der Waals surface area contributed by atoms with Gasteiger partial charge in [-0.25, -0.2) is 4.39 Å². The molecule has 0 bridgehead atoms. The van der Waals surface area contributed by atoms with Gasteiger partial charge in [-0.2, -0.15) is 0 Å². The summed E-state index contributed by atoms with van der Waals surface area (Å²) < 4.78 is 13.0. The standard InChI is InChI=1S/C13H20FNO/c1-10(15-8-13(2,3)9-16)11-5-4-6-12(14)7-11/h4-7,10,15-16H,8-9H2,1-3H3/t10-/m0/s1. The Hall–Kier alpha value is -0.930. The summed E-state index contributed by atoms with van der Waals surface area (Å²) in [4.78, 5) is 0. The van der Waals surface area contributed by atoms with Gasteiger partial charge in [-0.1, -0.05) is 26.0 Å². The summed E-state index contributed by atoms with van der Waals surface area (Å²) in [5.74, 6) is -0.215. The normalized spacial score (nSPS) is 13.8. The molecule has 0 amide bonds. The van der Waals surface area contributed by atoms with Crippen LogP contribution in [0.2, 0.25) is 0 Å². The average Bonchev–Trinajstić information content (AvgIpc) is 2.26. The van der Waals surface area contributed by atoms with E-state index in [1.54, 1.807) is 6.07 Å². The van der Waals surface area contributed by atoms with E-state index < -0.39 is 0 Å². The van der Waals surface area contributed by atoms with Gasteiger partial charge in [0.15, 0.2) is 0 Å². The zero-order valence-corrected chi connectivity index (χ0v) is 10.1. The van der Waals surface area contributed by atoms with Gasteiger partial charge in [-0.3, -0.25) is 0 Å². The number of aliphatic hydroxyl groups excluding tert-OH is 1. The highest BCUT2D eigenvalue weighted by Gasteiger charge is 2.17. The first-order valence-electron chi connectivity index (χ1n) is 5.54. The van der Waals surface area contributed by atoms with Crippen molar-refractivity contribution in [2.45, 2.75) is 26.8 Å². The lowest BCUT2D eigenvalue weighted by Crippen LogP contribution is -2.33. The Morgan fingerprint density at radius 1 is 1.44 bits per heavy atom. The van der Waals surface area contributed by atoms with Gasteiger partial charge < -0.3 is 10.4 Å². The molecule has 0 aliphatic heterocycles. The van der Waals surface area contributed by atoms with Crippen LogP contribution in [-0.2, 0) is 0 Å². The van der Waals surface area contributed by atoms with Gasteiger partial charge in [0.2, 0.25) is 0 Å². The summed E-state index contributed by atoms with van der Waals surface area (Å²) in [6.07, 6.45) is 0. The highest BCUT2D eigenvalue weighted by Crippen LogP contribution is 2.17. The predicted octanol–water partition coefficient (Wildman–Crippen LogP) is 2.49. The van der Waals surface area contributed by atoms with E-state index in [0.29, 0.717) is 6.54 Å². The molecular weight excluding hydrogens is 205 g/mol. The summed E-state index contributed by atoms with van der Waals surface area (Å²) in [6.45, 7) is 6.79. The van der Waals surface area contributed by atoms with Crippen molar-refractivity contribution in [3.63, 3.8) is 0 Å².